The summed E-state index contributed by atoms with van der Waals surface area (Å²) in [5, 5.41) is 9.91. The highest BCUT2D eigenvalue weighted by Gasteiger charge is 2.39. The number of carbonyl (C=O) groups excluding carboxylic acids is 1. The van der Waals surface area contributed by atoms with E-state index in [4.69, 9.17) is 9.47 Å². The number of hydrogen-bond donors (Lipinski definition) is 1. The van der Waals surface area contributed by atoms with Gasteiger partial charge in [0.1, 0.15) is 17.3 Å². The Balaban J connectivity index is 2.23. The van der Waals surface area contributed by atoms with Gasteiger partial charge in [-0.3, -0.25) is 4.79 Å². The Morgan fingerprint density at radius 1 is 1.44 bits per heavy atom. The predicted octanol–water partition coefficient (Wildman–Crippen LogP) is 2.06. The molecule has 0 fully saturated rings. The number of rotatable bonds is 1. The van der Waals surface area contributed by atoms with Gasteiger partial charge in [0.05, 0.1) is 19.3 Å². The summed E-state index contributed by atoms with van der Waals surface area (Å²) >= 11 is 0. The van der Waals surface area contributed by atoms with Crippen molar-refractivity contribution in [2.45, 2.75) is 13.3 Å². The highest BCUT2D eigenvalue weighted by molar-refractivity contribution is 6.13. The first-order chi connectivity index (χ1) is 8.63. The van der Waals surface area contributed by atoms with Crippen molar-refractivity contribution in [3.8, 4) is 11.5 Å². The number of phenolic OH excluding ortho intramolecular Hbond substituents is 1. The van der Waals surface area contributed by atoms with Gasteiger partial charge in [-0.05, 0) is 25.5 Å². The molecule has 0 amide bonds. The lowest BCUT2D eigenvalue weighted by atomic mass is 9.79. The van der Waals surface area contributed by atoms with Crippen molar-refractivity contribution in [1.29, 1.82) is 0 Å². The molecular weight excluding hydrogens is 232 g/mol. The van der Waals surface area contributed by atoms with Gasteiger partial charge in [0, 0.05) is 17.1 Å². The molecule has 0 aromatic heterocycles. The van der Waals surface area contributed by atoms with Gasteiger partial charge >= 0.3 is 0 Å². The SMILES string of the molecule is COc1ccc(O)c2c1CC1COC(C)=C1C2=O. The lowest BCUT2D eigenvalue weighted by Gasteiger charge is -2.23. The molecule has 1 aliphatic carbocycles. The topological polar surface area (TPSA) is 55.8 Å². The second-order valence-electron chi connectivity index (χ2n) is 4.65. The Morgan fingerprint density at radius 2 is 2.22 bits per heavy atom. The molecule has 4 nitrogen and oxygen atoms in total. The van der Waals surface area contributed by atoms with Gasteiger partial charge in [-0.25, -0.2) is 0 Å². The molecule has 1 N–H and O–H groups in total. The number of methoxy groups -OCH3 is 1. The minimum Gasteiger partial charge on any atom is -0.507 e. The van der Waals surface area contributed by atoms with Crippen LogP contribution in [0.2, 0.25) is 0 Å². The van der Waals surface area contributed by atoms with Crippen molar-refractivity contribution in [2.24, 2.45) is 5.92 Å². The molecule has 4 heteroatoms. The summed E-state index contributed by atoms with van der Waals surface area (Å²) in [6.45, 7) is 2.33. The molecule has 1 heterocycles. The van der Waals surface area contributed by atoms with Crippen molar-refractivity contribution < 1.29 is 19.4 Å². The largest absolute Gasteiger partial charge is 0.507 e. The summed E-state index contributed by atoms with van der Waals surface area (Å²) < 4.78 is 10.7. The van der Waals surface area contributed by atoms with Crippen LogP contribution in [0.25, 0.3) is 0 Å². The highest BCUT2D eigenvalue weighted by Crippen LogP contribution is 2.42. The molecule has 0 saturated heterocycles. The molecule has 1 unspecified atom stereocenters. The van der Waals surface area contributed by atoms with E-state index in [-0.39, 0.29) is 17.5 Å². The second-order valence-corrected chi connectivity index (χ2v) is 4.65. The first kappa shape index (κ1) is 11.1. The number of fused-ring (bicyclic) bond motifs is 2. The Labute approximate surface area is 105 Å². The van der Waals surface area contributed by atoms with Gasteiger partial charge < -0.3 is 14.6 Å². The number of carbonyl (C=O) groups is 1. The third kappa shape index (κ3) is 1.35. The second kappa shape index (κ2) is 3.77. The minimum absolute atomic E-state index is 0.0152. The van der Waals surface area contributed by atoms with E-state index in [2.05, 4.69) is 0 Å². The van der Waals surface area contributed by atoms with Crippen LogP contribution in [0.4, 0.5) is 0 Å². The Hall–Kier alpha value is -1.97. The van der Waals surface area contributed by atoms with E-state index in [1.807, 2.05) is 0 Å². The average Bonchev–Trinajstić information content (AvgIpc) is 2.72. The van der Waals surface area contributed by atoms with E-state index in [9.17, 15) is 9.90 Å². The van der Waals surface area contributed by atoms with E-state index >= 15 is 0 Å². The summed E-state index contributed by atoms with van der Waals surface area (Å²) in [6.07, 6.45) is 0.672. The van der Waals surface area contributed by atoms with Crippen LogP contribution in [0.3, 0.4) is 0 Å². The normalized spacial score (nSPS) is 21.4. The molecule has 0 spiro atoms. The fraction of sp³-hybridized carbons (Fsp3) is 0.357. The van der Waals surface area contributed by atoms with Crippen molar-refractivity contribution in [3.05, 3.63) is 34.6 Å². The molecule has 1 aromatic rings. The summed E-state index contributed by atoms with van der Waals surface area (Å²) in [6, 6.07) is 3.19. The van der Waals surface area contributed by atoms with Gasteiger partial charge in [-0.15, -0.1) is 0 Å². The van der Waals surface area contributed by atoms with Gasteiger partial charge in [-0.2, -0.15) is 0 Å². The Bertz CT molecular complexity index is 571. The standard InChI is InChI=1S/C14H14O4/c1-7-12-8(6-18-7)5-9-11(17-2)4-3-10(15)13(9)14(12)16/h3-4,8,15H,5-6H2,1-2H3. The van der Waals surface area contributed by atoms with Crippen LogP contribution in [0.1, 0.15) is 22.8 Å². The Morgan fingerprint density at radius 3 is 2.94 bits per heavy atom. The van der Waals surface area contributed by atoms with Crippen molar-refractivity contribution in [2.75, 3.05) is 13.7 Å². The lowest BCUT2D eigenvalue weighted by molar-refractivity contribution is 0.101. The van der Waals surface area contributed by atoms with Gasteiger partial charge in [0.25, 0.3) is 0 Å². The molecule has 0 saturated carbocycles. The van der Waals surface area contributed by atoms with E-state index in [1.165, 1.54) is 6.07 Å². The van der Waals surface area contributed by atoms with Crippen LogP contribution in [0.5, 0.6) is 11.5 Å². The van der Waals surface area contributed by atoms with E-state index in [0.717, 1.165) is 5.56 Å². The fourth-order valence-corrected chi connectivity index (χ4v) is 2.83. The molecule has 3 rings (SSSR count). The zero-order chi connectivity index (χ0) is 12.9. The van der Waals surface area contributed by atoms with Gasteiger partial charge in [-0.1, -0.05) is 0 Å². The Kier molecular flexibility index (Phi) is 2.33. The maximum atomic E-state index is 12.4. The molecule has 1 atom stereocenters. The monoisotopic (exact) mass is 246 g/mol. The highest BCUT2D eigenvalue weighted by atomic mass is 16.5. The number of Topliss-reactive ketones (excluding diaryl/α,β-unsaturated/α-hetero) is 1. The van der Waals surface area contributed by atoms with Crippen LogP contribution in [-0.2, 0) is 11.2 Å². The van der Waals surface area contributed by atoms with Crippen molar-refractivity contribution in [1.82, 2.24) is 0 Å². The van der Waals surface area contributed by atoms with E-state index < -0.39 is 0 Å². The third-order valence-corrected chi connectivity index (χ3v) is 3.68. The van der Waals surface area contributed by atoms with Crippen LogP contribution in [-0.4, -0.2) is 24.6 Å². The molecule has 18 heavy (non-hydrogen) atoms. The average molecular weight is 246 g/mol. The van der Waals surface area contributed by atoms with Crippen LogP contribution in [0.15, 0.2) is 23.5 Å². The number of hydrogen-bond acceptors (Lipinski definition) is 4. The molecule has 0 bridgehead atoms. The molecule has 94 valence electrons. The molecule has 2 aliphatic rings. The van der Waals surface area contributed by atoms with Crippen molar-refractivity contribution in [3.63, 3.8) is 0 Å². The molecule has 0 radical (unpaired) electrons. The summed E-state index contributed by atoms with van der Waals surface area (Å²) in [4.78, 5) is 12.4. The first-order valence-electron chi connectivity index (χ1n) is 5.90. The number of aromatic hydroxyl groups is 1. The maximum absolute atomic E-state index is 12.4. The summed E-state index contributed by atoms with van der Waals surface area (Å²) in [7, 11) is 1.57. The van der Waals surface area contributed by atoms with Crippen LogP contribution < -0.4 is 4.74 Å². The predicted molar refractivity (Wildman–Crippen MR) is 64.8 cm³/mol. The number of ketones is 1. The quantitative estimate of drug-likeness (QED) is 0.824. The van der Waals surface area contributed by atoms with Crippen LogP contribution >= 0.6 is 0 Å². The zero-order valence-corrected chi connectivity index (χ0v) is 10.3. The number of ether oxygens (including phenoxy) is 2. The van der Waals surface area contributed by atoms with E-state index in [1.54, 1.807) is 20.1 Å². The molecular formula is C14H14O4. The lowest BCUT2D eigenvalue weighted by Crippen LogP contribution is -2.23. The summed E-state index contributed by atoms with van der Waals surface area (Å²) in [5.41, 5.74) is 1.85. The number of allylic oxidation sites excluding steroid dienone is 1. The van der Waals surface area contributed by atoms with Gasteiger partial charge in [0.15, 0.2) is 5.78 Å². The smallest absolute Gasteiger partial charge is 0.196 e. The van der Waals surface area contributed by atoms with Crippen molar-refractivity contribution >= 4 is 5.78 Å². The third-order valence-electron chi connectivity index (χ3n) is 3.68. The first-order valence-corrected chi connectivity index (χ1v) is 5.90. The van der Waals surface area contributed by atoms with E-state index in [0.29, 0.717) is 35.7 Å². The number of phenols is 1. The molecule has 1 aliphatic heterocycles. The van der Waals surface area contributed by atoms with Gasteiger partial charge in [0.2, 0.25) is 0 Å². The zero-order valence-electron chi connectivity index (χ0n) is 10.3. The maximum Gasteiger partial charge on any atom is 0.196 e. The summed E-state index contributed by atoms with van der Waals surface area (Å²) in [5.74, 6) is 1.30. The molecule has 1 aromatic carbocycles. The fourth-order valence-electron chi connectivity index (χ4n) is 2.83. The minimum atomic E-state index is -0.132. The van der Waals surface area contributed by atoms with Crippen LogP contribution in [0, 0.1) is 5.92 Å². The number of benzene rings is 1.